The maximum absolute atomic E-state index is 12.2. The largest absolute Gasteiger partial charge is 0.435 e. The van der Waals surface area contributed by atoms with Crippen LogP contribution in [0.25, 0.3) is 0 Å². The van der Waals surface area contributed by atoms with Gasteiger partial charge in [-0.25, -0.2) is 0 Å². The summed E-state index contributed by atoms with van der Waals surface area (Å²) in [6.07, 6.45) is 1.82. The topological polar surface area (TPSA) is 50.4 Å². The van der Waals surface area contributed by atoms with Crippen LogP contribution in [0.3, 0.4) is 0 Å². The second-order valence-electron chi connectivity index (χ2n) is 4.83. The summed E-state index contributed by atoms with van der Waals surface area (Å²) < 4.78 is 28.7. The van der Waals surface area contributed by atoms with Crippen LogP contribution in [0.5, 0.6) is 5.75 Å². The summed E-state index contributed by atoms with van der Waals surface area (Å²) >= 11 is 0. The maximum Gasteiger partial charge on any atom is 0.387 e. The van der Waals surface area contributed by atoms with E-state index in [0.29, 0.717) is 0 Å². The molecule has 2 atom stereocenters. The van der Waals surface area contributed by atoms with Crippen molar-refractivity contribution in [3.05, 3.63) is 29.8 Å². The molecule has 6 heteroatoms. The van der Waals surface area contributed by atoms with Crippen LogP contribution in [0.4, 0.5) is 8.78 Å². The second-order valence-corrected chi connectivity index (χ2v) is 4.83. The normalized spacial score (nSPS) is 19.9. The highest BCUT2D eigenvalue weighted by Crippen LogP contribution is 2.21. The van der Waals surface area contributed by atoms with Crippen molar-refractivity contribution in [2.24, 2.45) is 0 Å². The summed E-state index contributed by atoms with van der Waals surface area (Å²) in [4.78, 5) is 12.0. The van der Waals surface area contributed by atoms with Gasteiger partial charge < -0.3 is 15.4 Å². The van der Waals surface area contributed by atoms with Crippen molar-refractivity contribution in [1.29, 1.82) is 0 Å². The Morgan fingerprint density at radius 3 is 2.95 bits per heavy atom. The van der Waals surface area contributed by atoms with Gasteiger partial charge in [-0.1, -0.05) is 12.1 Å². The molecule has 0 bridgehead atoms. The van der Waals surface area contributed by atoms with Crippen LogP contribution in [0, 0.1) is 0 Å². The van der Waals surface area contributed by atoms with Gasteiger partial charge >= 0.3 is 6.61 Å². The van der Waals surface area contributed by atoms with Crippen molar-refractivity contribution in [3.8, 4) is 5.75 Å². The van der Waals surface area contributed by atoms with Gasteiger partial charge in [0, 0.05) is 0 Å². The lowest BCUT2D eigenvalue weighted by Crippen LogP contribution is -2.41. The molecule has 1 aliphatic heterocycles. The van der Waals surface area contributed by atoms with E-state index in [2.05, 4.69) is 15.4 Å². The number of ether oxygens (including phenoxy) is 1. The van der Waals surface area contributed by atoms with Gasteiger partial charge in [-0.05, 0) is 44.0 Å². The van der Waals surface area contributed by atoms with Crippen molar-refractivity contribution in [2.45, 2.75) is 38.5 Å². The van der Waals surface area contributed by atoms with Crippen LogP contribution in [-0.4, -0.2) is 25.1 Å². The van der Waals surface area contributed by atoms with E-state index in [4.69, 9.17) is 0 Å². The summed E-state index contributed by atoms with van der Waals surface area (Å²) in [5.41, 5.74) is 0.731. The fraction of sp³-hybridized carbons (Fsp3) is 0.500. The van der Waals surface area contributed by atoms with E-state index in [1.807, 2.05) is 6.92 Å². The van der Waals surface area contributed by atoms with Crippen LogP contribution in [-0.2, 0) is 4.79 Å². The van der Waals surface area contributed by atoms with Crippen molar-refractivity contribution in [1.82, 2.24) is 10.6 Å². The molecule has 0 radical (unpaired) electrons. The molecule has 1 amide bonds. The van der Waals surface area contributed by atoms with Crippen molar-refractivity contribution >= 4 is 5.91 Å². The number of halogens is 2. The van der Waals surface area contributed by atoms with Crippen LogP contribution in [0.2, 0.25) is 0 Å². The number of hydrogen-bond acceptors (Lipinski definition) is 3. The van der Waals surface area contributed by atoms with E-state index < -0.39 is 6.61 Å². The number of hydrogen-bond donors (Lipinski definition) is 2. The van der Waals surface area contributed by atoms with Crippen LogP contribution in [0.15, 0.2) is 24.3 Å². The molecule has 1 aromatic carbocycles. The zero-order valence-corrected chi connectivity index (χ0v) is 11.2. The van der Waals surface area contributed by atoms with Gasteiger partial charge in [-0.3, -0.25) is 4.79 Å². The number of alkyl halides is 2. The first kappa shape index (κ1) is 14.7. The minimum absolute atomic E-state index is 0.0600. The van der Waals surface area contributed by atoms with E-state index in [0.717, 1.165) is 24.9 Å². The lowest BCUT2D eigenvalue weighted by Gasteiger charge is -2.18. The van der Waals surface area contributed by atoms with Gasteiger partial charge in [0.05, 0.1) is 12.1 Å². The maximum atomic E-state index is 12.2. The first-order valence-corrected chi connectivity index (χ1v) is 6.65. The van der Waals surface area contributed by atoms with Gasteiger partial charge in [-0.15, -0.1) is 0 Å². The molecule has 0 spiro atoms. The molecule has 4 nitrogen and oxygen atoms in total. The molecule has 1 unspecified atom stereocenters. The lowest BCUT2D eigenvalue weighted by molar-refractivity contribution is -0.123. The molecule has 20 heavy (non-hydrogen) atoms. The highest BCUT2D eigenvalue weighted by molar-refractivity contribution is 5.82. The Bertz CT molecular complexity index is 462. The highest BCUT2D eigenvalue weighted by atomic mass is 19.3. The fourth-order valence-corrected chi connectivity index (χ4v) is 2.27. The third-order valence-corrected chi connectivity index (χ3v) is 3.32. The Balaban J connectivity index is 1.97. The minimum Gasteiger partial charge on any atom is -0.435 e. The predicted octanol–water partition coefficient (Wildman–Crippen LogP) is 2.22. The molecule has 1 aromatic rings. The van der Waals surface area contributed by atoms with Gasteiger partial charge in [0.2, 0.25) is 5.91 Å². The smallest absolute Gasteiger partial charge is 0.387 e. The molecule has 1 saturated heterocycles. The Morgan fingerprint density at radius 2 is 2.30 bits per heavy atom. The van der Waals surface area contributed by atoms with Gasteiger partial charge in [0.1, 0.15) is 5.75 Å². The first-order chi connectivity index (χ1) is 9.56. The molecule has 110 valence electrons. The SMILES string of the molecule is CC(NC(=O)[C@@H]1CCCN1)c1cccc(OC(F)F)c1. The number of benzene rings is 1. The van der Waals surface area contributed by atoms with E-state index in [9.17, 15) is 13.6 Å². The quantitative estimate of drug-likeness (QED) is 0.871. The van der Waals surface area contributed by atoms with Crippen LogP contribution in [0.1, 0.15) is 31.4 Å². The van der Waals surface area contributed by atoms with Crippen LogP contribution >= 0.6 is 0 Å². The minimum atomic E-state index is -2.85. The van der Waals surface area contributed by atoms with Crippen molar-refractivity contribution in [3.63, 3.8) is 0 Å². The highest BCUT2D eigenvalue weighted by Gasteiger charge is 2.23. The predicted molar refractivity (Wildman–Crippen MR) is 70.7 cm³/mol. The molecule has 1 fully saturated rings. The zero-order chi connectivity index (χ0) is 14.5. The average Bonchev–Trinajstić information content (AvgIpc) is 2.92. The molecule has 1 heterocycles. The summed E-state index contributed by atoms with van der Waals surface area (Å²) in [6.45, 7) is -0.184. The van der Waals surface area contributed by atoms with E-state index >= 15 is 0 Å². The molecule has 0 aromatic heterocycles. The van der Waals surface area contributed by atoms with Gasteiger partial charge in [-0.2, -0.15) is 8.78 Å². The summed E-state index contributed by atoms with van der Waals surface area (Å²) in [6, 6.07) is 5.96. The van der Waals surface area contributed by atoms with Crippen molar-refractivity contribution < 1.29 is 18.3 Å². The molecule has 2 rings (SSSR count). The Hall–Kier alpha value is -1.69. The summed E-state index contributed by atoms with van der Waals surface area (Å²) in [7, 11) is 0. The Morgan fingerprint density at radius 1 is 1.50 bits per heavy atom. The second kappa shape index (κ2) is 6.65. The molecule has 0 saturated carbocycles. The standard InChI is InChI=1S/C14H18F2N2O2/c1-9(18-13(19)12-6-3-7-17-12)10-4-2-5-11(8-10)20-14(15)16/h2,4-5,8-9,12,14,17H,3,6-7H2,1H3,(H,18,19)/t9?,12-/m0/s1. The monoisotopic (exact) mass is 284 g/mol. The van der Waals surface area contributed by atoms with Crippen LogP contribution < -0.4 is 15.4 Å². The van der Waals surface area contributed by atoms with Gasteiger partial charge in [0.15, 0.2) is 0 Å². The lowest BCUT2D eigenvalue weighted by atomic mass is 10.1. The third-order valence-electron chi connectivity index (χ3n) is 3.32. The molecule has 0 aliphatic carbocycles. The number of carbonyl (C=O) groups is 1. The molecular weight excluding hydrogens is 266 g/mol. The number of carbonyl (C=O) groups excluding carboxylic acids is 1. The average molecular weight is 284 g/mol. The summed E-state index contributed by atoms with van der Waals surface area (Å²) in [5.74, 6) is 0.0350. The third kappa shape index (κ3) is 3.90. The Labute approximate surface area is 116 Å². The van der Waals surface area contributed by atoms with E-state index in [1.165, 1.54) is 12.1 Å². The van der Waals surface area contributed by atoms with E-state index in [1.54, 1.807) is 12.1 Å². The van der Waals surface area contributed by atoms with Gasteiger partial charge in [0.25, 0.3) is 0 Å². The van der Waals surface area contributed by atoms with Crippen molar-refractivity contribution in [2.75, 3.05) is 6.54 Å². The first-order valence-electron chi connectivity index (χ1n) is 6.65. The fourth-order valence-electron chi connectivity index (χ4n) is 2.27. The zero-order valence-electron chi connectivity index (χ0n) is 11.2. The molecule has 2 N–H and O–H groups in total. The number of nitrogens with one attached hydrogen (secondary N) is 2. The number of amides is 1. The number of rotatable bonds is 5. The molecular formula is C14H18F2N2O2. The van der Waals surface area contributed by atoms with E-state index in [-0.39, 0.29) is 23.7 Å². The molecule has 1 aliphatic rings. The Kier molecular flexibility index (Phi) is 4.89. The summed E-state index contributed by atoms with van der Waals surface area (Å²) in [5, 5.41) is 5.99.